The number of aliphatic hydroxyl groups is 1. The van der Waals surface area contributed by atoms with Crippen LogP contribution in [0, 0.1) is 0 Å². The molecule has 0 bridgehead atoms. The molecule has 1 rings (SSSR count). The number of aliphatic carboxylic acids is 1. The maximum atomic E-state index is 11.4. The summed E-state index contributed by atoms with van der Waals surface area (Å²) in [4.78, 5) is 22.9. The molecule has 1 fully saturated rings. The highest BCUT2D eigenvalue weighted by Crippen LogP contribution is 2.13. The van der Waals surface area contributed by atoms with Crippen LogP contribution < -0.4 is 0 Å². The summed E-state index contributed by atoms with van der Waals surface area (Å²) in [7, 11) is 1.45. The predicted molar refractivity (Wildman–Crippen MR) is 50.2 cm³/mol. The van der Waals surface area contributed by atoms with Crippen LogP contribution in [0.2, 0.25) is 0 Å². The molecule has 0 saturated carbocycles. The monoisotopic (exact) mass is 215 g/mol. The van der Waals surface area contributed by atoms with Crippen molar-refractivity contribution < 1.29 is 24.5 Å². The van der Waals surface area contributed by atoms with Gasteiger partial charge in [-0.05, 0) is 0 Å². The fraction of sp³-hybridized carbons (Fsp3) is 0.556. The van der Waals surface area contributed by atoms with Crippen molar-refractivity contribution in [2.24, 2.45) is 0 Å². The minimum Gasteiger partial charge on any atom is -0.478 e. The number of rotatable bonds is 3. The van der Waals surface area contributed by atoms with Gasteiger partial charge in [-0.25, -0.2) is 4.79 Å². The molecule has 0 aromatic rings. The van der Waals surface area contributed by atoms with Crippen LogP contribution in [0.3, 0.4) is 0 Å². The van der Waals surface area contributed by atoms with Gasteiger partial charge in [0, 0.05) is 32.4 Å². The van der Waals surface area contributed by atoms with Crippen molar-refractivity contribution in [3.63, 3.8) is 0 Å². The quantitative estimate of drug-likeness (QED) is 0.580. The molecule has 1 aliphatic rings. The van der Waals surface area contributed by atoms with Gasteiger partial charge in [-0.1, -0.05) is 0 Å². The summed E-state index contributed by atoms with van der Waals surface area (Å²) in [5, 5.41) is 17.8. The van der Waals surface area contributed by atoms with Gasteiger partial charge in [-0.15, -0.1) is 0 Å². The van der Waals surface area contributed by atoms with Crippen molar-refractivity contribution in [1.82, 2.24) is 4.90 Å². The average Bonchev–Trinajstić information content (AvgIpc) is 2.56. The third-order valence-electron chi connectivity index (χ3n) is 2.22. The van der Waals surface area contributed by atoms with E-state index in [2.05, 4.69) is 0 Å². The van der Waals surface area contributed by atoms with Gasteiger partial charge >= 0.3 is 5.97 Å². The fourth-order valence-corrected chi connectivity index (χ4v) is 1.42. The zero-order valence-corrected chi connectivity index (χ0v) is 8.29. The van der Waals surface area contributed by atoms with E-state index in [4.69, 9.17) is 9.84 Å². The summed E-state index contributed by atoms with van der Waals surface area (Å²) in [6.07, 6.45) is 0.631. The van der Waals surface area contributed by atoms with Gasteiger partial charge in [0.1, 0.15) is 6.10 Å². The largest absolute Gasteiger partial charge is 0.478 e. The van der Waals surface area contributed by atoms with Gasteiger partial charge in [0.05, 0.1) is 6.10 Å². The lowest BCUT2D eigenvalue weighted by Gasteiger charge is -2.12. The van der Waals surface area contributed by atoms with E-state index >= 15 is 0 Å². The van der Waals surface area contributed by atoms with E-state index in [-0.39, 0.29) is 13.1 Å². The Kier molecular flexibility index (Phi) is 3.81. The lowest BCUT2D eigenvalue weighted by Crippen LogP contribution is -2.28. The number of ether oxygens (including phenoxy) is 1. The zero-order valence-electron chi connectivity index (χ0n) is 8.29. The summed E-state index contributed by atoms with van der Waals surface area (Å²) < 4.78 is 4.95. The number of hydrogen-bond acceptors (Lipinski definition) is 4. The first kappa shape index (κ1) is 11.7. The number of hydrogen-bond donors (Lipinski definition) is 2. The average molecular weight is 215 g/mol. The highest BCUT2D eigenvalue weighted by Gasteiger charge is 2.33. The van der Waals surface area contributed by atoms with Crippen molar-refractivity contribution in [2.75, 3.05) is 20.2 Å². The molecule has 0 aromatic carbocycles. The number of nitrogens with zero attached hydrogens (tertiary/aromatic N) is 1. The third-order valence-corrected chi connectivity index (χ3v) is 2.22. The summed E-state index contributed by atoms with van der Waals surface area (Å²) in [5.41, 5.74) is 0. The minimum atomic E-state index is -1.17. The Labute approximate surface area is 86.7 Å². The Balaban J connectivity index is 2.53. The van der Waals surface area contributed by atoms with Crippen molar-refractivity contribution in [2.45, 2.75) is 12.2 Å². The molecule has 1 amide bonds. The van der Waals surface area contributed by atoms with Crippen LogP contribution in [-0.2, 0) is 14.3 Å². The van der Waals surface area contributed by atoms with Crippen LogP contribution in [0.4, 0.5) is 0 Å². The van der Waals surface area contributed by atoms with Crippen LogP contribution in [0.15, 0.2) is 12.2 Å². The molecule has 0 radical (unpaired) electrons. The number of aliphatic hydroxyl groups excluding tert-OH is 1. The van der Waals surface area contributed by atoms with E-state index in [0.717, 1.165) is 12.2 Å². The molecular weight excluding hydrogens is 202 g/mol. The van der Waals surface area contributed by atoms with E-state index in [1.54, 1.807) is 0 Å². The van der Waals surface area contributed by atoms with Crippen LogP contribution in [0.5, 0.6) is 0 Å². The molecule has 2 atom stereocenters. The van der Waals surface area contributed by atoms with E-state index in [1.807, 2.05) is 0 Å². The highest BCUT2D eigenvalue weighted by atomic mass is 16.5. The molecule has 1 aliphatic heterocycles. The summed E-state index contributed by atoms with van der Waals surface area (Å²) in [5.74, 6) is -1.61. The Hall–Kier alpha value is -1.40. The molecule has 15 heavy (non-hydrogen) atoms. The van der Waals surface area contributed by atoms with Gasteiger partial charge in [0.25, 0.3) is 0 Å². The number of carboxylic acids is 1. The molecule has 84 valence electrons. The summed E-state index contributed by atoms with van der Waals surface area (Å²) in [6, 6.07) is 0. The molecule has 1 saturated heterocycles. The number of carbonyl (C=O) groups is 2. The number of methoxy groups -OCH3 is 1. The normalized spacial score (nSPS) is 26.1. The fourth-order valence-electron chi connectivity index (χ4n) is 1.42. The summed E-state index contributed by atoms with van der Waals surface area (Å²) in [6.45, 7) is 0.446. The molecule has 0 spiro atoms. The topological polar surface area (TPSA) is 87.1 Å². The molecule has 6 heteroatoms. The van der Waals surface area contributed by atoms with E-state index in [0.29, 0.717) is 0 Å². The Morgan fingerprint density at radius 1 is 1.40 bits per heavy atom. The van der Waals surface area contributed by atoms with Crippen molar-refractivity contribution in [3.8, 4) is 0 Å². The number of likely N-dealkylation sites (tertiary alicyclic amines) is 1. The van der Waals surface area contributed by atoms with Crippen molar-refractivity contribution in [1.29, 1.82) is 0 Å². The predicted octanol–water partition coefficient (Wildman–Crippen LogP) is -1.15. The van der Waals surface area contributed by atoms with Crippen LogP contribution >= 0.6 is 0 Å². The second kappa shape index (κ2) is 4.90. The molecular formula is C9H13NO5. The number of amides is 1. The Morgan fingerprint density at radius 3 is 2.53 bits per heavy atom. The molecule has 2 unspecified atom stereocenters. The lowest BCUT2D eigenvalue weighted by molar-refractivity contribution is -0.132. The van der Waals surface area contributed by atoms with E-state index in [1.165, 1.54) is 12.0 Å². The zero-order chi connectivity index (χ0) is 11.4. The van der Waals surface area contributed by atoms with Gasteiger partial charge in [-0.3, -0.25) is 4.79 Å². The minimum absolute atomic E-state index is 0.168. The SMILES string of the molecule is COC1CN(C(=O)/C=C/C(=O)O)CC1O. The van der Waals surface area contributed by atoms with Crippen LogP contribution in [-0.4, -0.2) is 59.4 Å². The maximum absolute atomic E-state index is 11.4. The molecule has 2 N–H and O–H groups in total. The van der Waals surface area contributed by atoms with Gasteiger partial charge in [0.15, 0.2) is 0 Å². The van der Waals surface area contributed by atoms with Gasteiger partial charge < -0.3 is 19.8 Å². The smallest absolute Gasteiger partial charge is 0.328 e. The molecule has 6 nitrogen and oxygen atoms in total. The van der Waals surface area contributed by atoms with Crippen LogP contribution in [0.25, 0.3) is 0 Å². The van der Waals surface area contributed by atoms with Crippen molar-refractivity contribution >= 4 is 11.9 Å². The maximum Gasteiger partial charge on any atom is 0.328 e. The Bertz CT molecular complexity index is 288. The molecule has 0 aliphatic carbocycles. The second-order valence-electron chi connectivity index (χ2n) is 3.26. The first-order chi connectivity index (χ1) is 7.04. The third kappa shape index (κ3) is 3.03. The van der Waals surface area contributed by atoms with E-state index in [9.17, 15) is 14.7 Å². The second-order valence-corrected chi connectivity index (χ2v) is 3.26. The van der Waals surface area contributed by atoms with E-state index < -0.39 is 24.1 Å². The van der Waals surface area contributed by atoms with Gasteiger partial charge in [-0.2, -0.15) is 0 Å². The molecule has 0 aromatic heterocycles. The highest BCUT2D eigenvalue weighted by molar-refractivity contribution is 5.94. The Morgan fingerprint density at radius 2 is 2.07 bits per heavy atom. The number of carbonyl (C=O) groups excluding carboxylic acids is 1. The van der Waals surface area contributed by atoms with Gasteiger partial charge in [0.2, 0.25) is 5.91 Å². The lowest BCUT2D eigenvalue weighted by atomic mass is 10.3. The standard InChI is InChI=1S/C9H13NO5/c1-15-7-5-10(4-6(7)11)8(12)2-3-9(13)14/h2-3,6-7,11H,4-5H2,1H3,(H,13,14)/b3-2+. The first-order valence-electron chi connectivity index (χ1n) is 4.45. The first-order valence-corrected chi connectivity index (χ1v) is 4.45. The van der Waals surface area contributed by atoms with Crippen molar-refractivity contribution in [3.05, 3.63) is 12.2 Å². The molecule has 1 heterocycles. The number of carboxylic acid groups (broad SMARTS) is 1. The number of β-amino-alcohol motifs (C(OH)–C–C–N with tert-alkyl or cyclic N) is 1. The van der Waals surface area contributed by atoms with Crippen LogP contribution in [0.1, 0.15) is 0 Å². The summed E-state index contributed by atoms with van der Waals surface area (Å²) >= 11 is 0.